The molecule has 38 atom stereocenters. The first-order chi connectivity index (χ1) is 47.6. The average Bonchev–Trinajstić information content (AvgIpc) is 1.40. The Balaban J connectivity index is 0.915. The number of rotatable bonds is 17. The molecule has 102 heavy (non-hydrogen) atoms. The Morgan fingerprint density at radius 1 is 0.480 bits per heavy atom. The summed E-state index contributed by atoms with van der Waals surface area (Å²) in [5.41, 5.74) is -6.01. The summed E-state index contributed by atoms with van der Waals surface area (Å²) in [5.74, 6) is -4.06. The lowest BCUT2D eigenvalue weighted by Crippen LogP contribution is -2.77. The van der Waals surface area contributed by atoms with Crippen molar-refractivity contribution in [2.24, 2.45) is 50.2 Å². The number of ether oxygens (including phenoxy) is 13. The molecule has 582 valence electrons. The van der Waals surface area contributed by atoms with Crippen LogP contribution in [0.3, 0.4) is 0 Å². The molecule has 11 fully saturated rings. The quantitative estimate of drug-likeness (QED) is 0.0422. The molecule has 0 aromatic carbocycles. The molecule has 1 spiro atoms. The normalized spacial score (nSPS) is 53.0. The fourth-order valence-corrected chi connectivity index (χ4v) is 20.6. The van der Waals surface area contributed by atoms with E-state index in [4.69, 9.17) is 61.6 Å². The van der Waals surface area contributed by atoms with Crippen molar-refractivity contribution in [2.45, 2.75) is 331 Å². The molecule has 13 unspecified atom stereocenters. The van der Waals surface area contributed by atoms with Gasteiger partial charge in [-0.05, 0) is 121 Å². The van der Waals surface area contributed by atoms with Crippen LogP contribution in [0.15, 0.2) is 23.3 Å². The van der Waals surface area contributed by atoms with Gasteiger partial charge in [0.2, 0.25) is 0 Å². The second-order valence-corrected chi connectivity index (χ2v) is 32.8. The Hall–Kier alpha value is -3.15. The smallest absolute Gasteiger partial charge is 0.335 e. The molecule has 11 rings (SSSR count). The van der Waals surface area contributed by atoms with Gasteiger partial charge in [0.15, 0.2) is 49.9 Å². The Labute approximate surface area is 591 Å². The van der Waals surface area contributed by atoms with Crippen LogP contribution in [0, 0.1) is 50.2 Å². The Morgan fingerprint density at radius 2 is 0.951 bits per heavy atom. The average molecular weight is 1460 g/mol. The fraction of sp³-hybridized carbons (Fsp3) is 0.900. The summed E-state index contributed by atoms with van der Waals surface area (Å²) in [5, 5.41) is 182. The number of carboxylic acid groups (broad SMARTS) is 1. The van der Waals surface area contributed by atoms with Crippen molar-refractivity contribution in [3.05, 3.63) is 23.3 Å². The molecule has 0 amide bonds. The van der Waals surface area contributed by atoms with Crippen LogP contribution < -0.4 is 0 Å². The highest BCUT2D eigenvalue weighted by atomic mass is 16.8. The van der Waals surface area contributed by atoms with E-state index >= 15 is 0 Å². The van der Waals surface area contributed by atoms with E-state index < -0.39 is 259 Å². The topological polar surface area (TPSA) is 495 Å². The summed E-state index contributed by atoms with van der Waals surface area (Å²) in [6, 6.07) is 0. The predicted molar refractivity (Wildman–Crippen MR) is 343 cm³/mol. The van der Waals surface area contributed by atoms with Crippen LogP contribution in [0.25, 0.3) is 0 Å². The number of carboxylic acids is 1. The lowest BCUT2D eigenvalue weighted by Gasteiger charge is -2.75. The minimum Gasteiger partial charge on any atom is -0.479 e. The number of aliphatic hydroxyl groups excluding tert-OH is 15. The van der Waals surface area contributed by atoms with Crippen molar-refractivity contribution in [1.82, 2.24) is 0 Å². The third-order valence-corrected chi connectivity index (χ3v) is 26.8. The van der Waals surface area contributed by atoms with Gasteiger partial charge in [0.05, 0.1) is 48.6 Å². The number of carbonyl (C=O) groups is 3. The number of fused-ring (bicyclic) bond motifs is 4. The van der Waals surface area contributed by atoms with Gasteiger partial charge in [-0.1, -0.05) is 60.6 Å². The first kappa shape index (κ1) is 79.9. The van der Waals surface area contributed by atoms with Crippen LogP contribution in [0.4, 0.5) is 0 Å². The number of esters is 2. The molecule has 5 saturated carbocycles. The van der Waals surface area contributed by atoms with Crippen LogP contribution in [0.5, 0.6) is 0 Å². The van der Waals surface area contributed by atoms with Crippen LogP contribution in [-0.2, 0) is 76.0 Å². The zero-order valence-corrected chi connectivity index (χ0v) is 60.0. The Morgan fingerprint density at radius 3 is 1.53 bits per heavy atom. The number of aliphatic hydroxyl groups is 15. The molecular weight excluding hydrogens is 1350 g/mol. The molecule has 0 radical (unpaired) electrons. The molecule has 6 aliphatic heterocycles. The van der Waals surface area contributed by atoms with Crippen molar-refractivity contribution in [2.75, 3.05) is 13.2 Å². The second-order valence-electron chi connectivity index (χ2n) is 32.8. The van der Waals surface area contributed by atoms with E-state index in [0.29, 0.717) is 44.1 Å². The summed E-state index contributed by atoms with van der Waals surface area (Å²) in [6.07, 6.45) is -48.3. The number of hydrogen-bond donors (Lipinski definition) is 16. The standard InChI is InChI=1S/C70H110O32/c1-14-26(3)56(87)100-53-54(101-57(88)27(4)15-2)70-34(22-64(53,7)8)69(102-63(70)89)21-17-33-66(11)19-18-36(65(9,10)32(66)16-20-67(33,12)68(69,13)23-35(70)73)94-62-52(99-59-46(83)42(79)39(76)30(24-71)92-59)48(47(84)49(96-62)55(85)86)95-61-51(44(81)40(77)31(25-72)93-61)98-60-50(43(80)38(75)29(6)91-60)97-58-45(82)41(78)37(74)28(5)90-58/h14-15,28-54,58-63,71-84,89H,16-25H2,1-13H3,(H,85,86)/t28?,29?,30?,31?,32?,33?,34?,35-,36+,37+,38+,39+,40+,41+,42-,43+,44-,45?,46?,47+,48-,49?,50?,51?,52?,53+,54+,58+,59+,60+,61+,62-,63+,66+,67-,68+,69+,70-/m1/s1. The lowest BCUT2D eigenvalue weighted by molar-refractivity contribution is -0.412. The SMILES string of the molecule is CC=C(C)C(=O)O[C@H]1[C@H](OC(=O)C(C)=CC)[C@@]23C(CC1(C)C)[C@]1(CCC4[C@@]5(C)CC[C@H](O[C@@H]6OC(C(=O)O)[C@@H](O)[C@@H](O[C@@H]7OC(CO)[C@H](O)[C@@H](O)C7O[C@@H]7OC(C)[C@H](O)[C@H](O)C7O[C@@H]7OC(C)[C@H](O)[C@H](O)C7O)C6O[C@@H]6OC(CO)[C@H](O)[C@@H](O)C6O)C(C)(C)C5CC[C@@]4(C)[C@]1(C)C[C@H]2O)O[C@@H]3O. The van der Waals surface area contributed by atoms with E-state index in [9.17, 15) is 96.1 Å². The van der Waals surface area contributed by atoms with Gasteiger partial charge in [0, 0.05) is 27.9 Å². The van der Waals surface area contributed by atoms with Crippen LogP contribution in [-0.4, -0.2) is 303 Å². The summed E-state index contributed by atoms with van der Waals surface area (Å²) < 4.78 is 81.9. The van der Waals surface area contributed by atoms with Gasteiger partial charge < -0.3 is 143 Å². The largest absolute Gasteiger partial charge is 0.479 e. The highest BCUT2D eigenvalue weighted by Gasteiger charge is 2.86. The molecule has 11 aliphatic rings. The lowest BCUT2D eigenvalue weighted by atomic mass is 9.30. The van der Waals surface area contributed by atoms with E-state index in [2.05, 4.69) is 20.8 Å². The minimum atomic E-state index is -2.37. The molecule has 2 bridgehead atoms. The molecule has 32 heteroatoms. The van der Waals surface area contributed by atoms with Crippen molar-refractivity contribution in [3.8, 4) is 0 Å². The summed E-state index contributed by atoms with van der Waals surface area (Å²) in [4.78, 5) is 41.3. The number of hydrogen-bond acceptors (Lipinski definition) is 31. The molecule has 0 aromatic heterocycles. The summed E-state index contributed by atoms with van der Waals surface area (Å²) in [6.45, 7) is 21.8. The van der Waals surface area contributed by atoms with E-state index in [1.165, 1.54) is 13.8 Å². The third kappa shape index (κ3) is 12.6. The maximum Gasteiger partial charge on any atom is 0.335 e. The monoisotopic (exact) mass is 1460 g/mol. The first-order valence-electron chi connectivity index (χ1n) is 35.8. The Kier molecular flexibility index (Phi) is 22.7. The van der Waals surface area contributed by atoms with Gasteiger partial charge in [-0.2, -0.15) is 0 Å². The number of aliphatic carboxylic acids is 1. The van der Waals surface area contributed by atoms with Gasteiger partial charge in [-0.15, -0.1) is 0 Å². The van der Waals surface area contributed by atoms with Crippen molar-refractivity contribution in [1.29, 1.82) is 0 Å². The van der Waals surface area contributed by atoms with Crippen LogP contribution in [0.1, 0.15) is 141 Å². The second kappa shape index (κ2) is 29.0. The number of carbonyl (C=O) groups excluding carboxylic acids is 2. The van der Waals surface area contributed by atoms with E-state index in [1.807, 2.05) is 27.7 Å². The molecule has 6 heterocycles. The molecule has 16 N–H and O–H groups in total. The molecule has 5 aliphatic carbocycles. The van der Waals surface area contributed by atoms with E-state index in [-0.39, 0.29) is 30.3 Å². The number of allylic oxidation sites excluding steroid dienone is 2. The van der Waals surface area contributed by atoms with Gasteiger partial charge in [0.25, 0.3) is 0 Å². The summed E-state index contributed by atoms with van der Waals surface area (Å²) >= 11 is 0. The minimum absolute atomic E-state index is 0.101. The highest BCUT2D eigenvalue weighted by molar-refractivity contribution is 5.89. The van der Waals surface area contributed by atoms with E-state index in [1.54, 1.807) is 39.8 Å². The van der Waals surface area contributed by atoms with Crippen LogP contribution >= 0.6 is 0 Å². The van der Waals surface area contributed by atoms with Crippen molar-refractivity contribution >= 4 is 17.9 Å². The van der Waals surface area contributed by atoms with E-state index in [0.717, 1.165) is 0 Å². The van der Waals surface area contributed by atoms with Gasteiger partial charge in [-0.3, -0.25) is 0 Å². The maximum atomic E-state index is 14.1. The van der Waals surface area contributed by atoms with Crippen molar-refractivity contribution < 1.29 is 158 Å². The van der Waals surface area contributed by atoms with Gasteiger partial charge in [0.1, 0.15) is 110 Å². The molecule has 0 aromatic rings. The molecule has 6 saturated heterocycles. The highest BCUT2D eigenvalue weighted by Crippen LogP contribution is 2.82. The van der Waals surface area contributed by atoms with Gasteiger partial charge >= 0.3 is 17.9 Å². The van der Waals surface area contributed by atoms with Crippen LogP contribution in [0.2, 0.25) is 0 Å². The third-order valence-electron chi connectivity index (χ3n) is 26.8. The Bertz CT molecular complexity index is 3080. The first-order valence-corrected chi connectivity index (χ1v) is 35.8. The molecular formula is C70H110O32. The zero-order chi connectivity index (χ0) is 75.1. The fourth-order valence-electron chi connectivity index (χ4n) is 20.6. The predicted octanol–water partition coefficient (Wildman–Crippen LogP) is -2.08. The maximum absolute atomic E-state index is 14.1. The molecule has 32 nitrogen and oxygen atoms in total. The van der Waals surface area contributed by atoms with Gasteiger partial charge in [-0.25, -0.2) is 14.4 Å². The van der Waals surface area contributed by atoms with Crippen molar-refractivity contribution in [3.63, 3.8) is 0 Å². The zero-order valence-electron chi connectivity index (χ0n) is 60.0. The summed E-state index contributed by atoms with van der Waals surface area (Å²) in [7, 11) is 0.